The molecule has 1 nitrogen and oxygen atoms in total. The highest BCUT2D eigenvalue weighted by Crippen LogP contribution is 2.31. The van der Waals surface area contributed by atoms with Crippen LogP contribution in [0.2, 0.25) is 0 Å². The molecule has 1 heterocycles. The predicted molar refractivity (Wildman–Crippen MR) is 74.9 cm³/mol. The highest BCUT2D eigenvalue weighted by Gasteiger charge is 2.07. The van der Waals surface area contributed by atoms with Crippen LogP contribution >= 0.6 is 27.3 Å². The van der Waals surface area contributed by atoms with Crippen LogP contribution in [0.25, 0.3) is 10.4 Å². The molecule has 1 aromatic heterocycles. The van der Waals surface area contributed by atoms with Gasteiger partial charge >= 0.3 is 0 Å². The molecule has 0 saturated heterocycles. The molecular weight excluding hydrogens is 282 g/mol. The monoisotopic (exact) mass is 295 g/mol. The fourth-order valence-corrected chi connectivity index (χ4v) is 2.84. The molecule has 3 heteroatoms. The van der Waals surface area contributed by atoms with Gasteiger partial charge in [0.15, 0.2) is 0 Å². The molecule has 0 bridgehead atoms. The lowest BCUT2D eigenvalue weighted by Gasteiger charge is -2.05. The van der Waals surface area contributed by atoms with Crippen molar-refractivity contribution in [3.63, 3.8) is 0 Å². The molecule has 0 spiro atoms. The lowest BCUT2D eigenvalue weighted by atomic mass is 10.2. The number of halogens is 1. The summed E-state index contributed by atoms with van der Waals surface area (Å²) in [6, 6.07) is 13.3. The van der Waals surface area contributed by atoms with Gasteiger partial charge in [0, 0.05) is 20.3 Å². The summed E-state index contributed by atoms with van der Waals surface area (Å²) in [5.74, 6) is 0. The first-order chi connectivity index (χ1) is 7.70. The maximum atomic E-state index is 3.45. The van der Waals surface area contributed by atoms with E-state index in [9.17, 15) is 0 Å². The third kappa shape index (κ3) is 2.54. The Labute approximate surface area is 109 Å². The van der Waals surface area contributed by atoms with Crippen molar-refractivity contribution in [1.82, 2.24) is 5.32 Å². The van der Waals surface area contributed by atoms with Crippen molar-refractivity contribution in [2.45, 2.75) is 13.0 Å². The molecule has 1 unspecified atom stereocenters. The van der Waals surface area contributed by atoms with Crippen LogP contribution in [-0.2, 0) is 0 Å². The van der Waals surface area contributed by atoms with Gasteiger partial charge in [-0.15, -0.1) is 11.3 Å². The highest BCUT2D eigenvalue weighted by molar-refractivity contribution is 9.10. The second-order valence-corrected chi connectivity index (χ2v) is 5.75. The van der Waals surface area contributed by atoms with Crippen LogP contribution in [-0.4, -0.2) is 7.05 Å². The van der Waals surface area contributed by atoms with Gasteiger partial charge in [0.05, 0.1) is 0 Å². The van der Waals surface area contributed by atoms with Crippen LogP contribution in [0.15, 0.2) is 40.9 Å². The van der Waals surface area contributed by atoms with Crippen molar-refractivity contribution in [2.75, 3.05) is 7.05 Å². The van der Waals surface area contributed by atoms with E-state index in [-0.39, 0.29) is 0 Å². The smallest absolute Gasteiger partial charge is 0.0383 e. The molecule has 1 aromatic carbocycles. The van der Waals surface area contributed by atoms with Crippen molar-refractivity contribution in [3.05, 3.63) is 45.7 Å². The number of hydrogen-bond acceptors (Lipinski definition) is 2. The quantitative estimate of drug-likeness (QED) is 0.882. The minimum atomic E-state index is 0.425. The highest BCUT2D eigenvalue weighted by atomic mass is 79.9. The first kappa shape index (κ1) is 11.8. The standard InChI is InChI=1S/C13H14BrNS/c1-9(15-2)12-7-8-13(16-12)10-3-5-11(14)6-4-10/h3-9,15H,1-2H3. The summed E-state index contributed by atoms with van der Waals surface area (Å²) in [5, 5.41) is 3.26. The summed E-state index contributed by atoms with van der Waals surface area (Å²) in [5.41, 5.74) is 1.28. The van der Waals surface area contributed by atoms with E-state index in [1.807, 2.05) is 18.4 Å². The van der Waals surface area contributed by atoms with Crippen LogP contribution in [0, 0.1) is 0 Å². The van der Waals surface area contributed by atoms with Crippen LogP contribution in [0.1, 0.15) is 17.8 Å². The fraction of sp³-hybridized carbons (Fsp3) is 0.231. The molecule has 1 atom stereocenters. The molecule has 0 aliphatic carbocycles. The van der Waals surface area contributed by atoms with E-state index in [0.717, 1.165) is 4.47 Å². The first-order valence-corrected chi connectivity index (χ1v) is 6.84. The van der Waals surface area contributed by atoms with E-state index in [1.54, 1.807) is 0 Å². The number of thiophene rings is 1. The zero-order valence-electron chi connectivity index (χ0n) is 9.33. The molecule has 0 saturated carbocycles. The average Bonchev–Trinajstić information content (AvgIpc) is 2.78. The molecule has 1 N–H and O–H groups in total. The van der Waals surface area contributed by atoms with Gasteiger partial charge in [0.25, 0.3) is 0 Å². The Kier molecular flexibility index (Phi) is 3.79. The summed E-state index contributed by atoms with van der Waals surface area (Å²) < 4.78 is 1.12. The van der Waals surface area contributed by atoms with Gasteiger partial charge in [0.1, 0.15) is 0 Å². The molecule has 0 amide bonds. The number of hydrogen-bond donors (Lipinski definition) is 1. The molecule has 2 rings (SSSR count). The normalized spacial score (nSPS) is 12.7. The maximum absolute atomic E-state index is 3.45. The van der Waals surface area contributed by atoms with Crippen molar-refractivity contribution in [1.29, 1.82) is 0 Å². The van der Waals surface area contributed by atoms with Gasteiger partial charge in [0.2, 0.25) is 0 Å². The third-order valence-electron chi connectivity index (χ3n) is 2.62. The molecule has 0 fully saturated rings. The Morgan fingerprint density at radius 1 is 1.12 bits per heavy atom. The zero-order chi connectivity index (χ0) is 11.5. The predicted octanol–water partition coefficient (Wildman–Crippen LogP) is 4.46. The van der Waals surface area contributed by atoms with E-state index in [4.69, 9.17) is 0 Å². The Balaban J connectivity index is 2.28. The lowest BCUT2D eigenvalue weighted by Crippen LogP contribution is -2.10. The molecule has 16 heavy (non-hydrogen) atoms. The maximum Gasteiger partial charge on any atom is 0.0383 e. The van der Waals surface area contributed by atoms with Crippen molar-refractivity contribution >= 4 is 27.3 Å². The van der Waals surface area contributed by atoms with Crippen molar-refractivity contribution in [3.8, 4) is 10.4 Å². The summed E-state index contributed by atoms with van der Waals surface area (Å²) >= 11 is 5.30. The van der Waals surface area contributed by atoms with E-state index in [0.29, 0.717) is 6.04 Å². The molecule has 0 aliphatic heterocycles. The van der Waals surface area contributed by atoms with Gasteiger partial charge in [-0.25, -0.2) is 0 Å². The van der Waals surface area contributed by atoms with Crippen LogP contribution < -0.4 is 5.32 Å². The van der Waals surface area contributed by atoms with Gasteiger partial charge < -0.3 is 5.32 Å². The van der Waals surface area contributed by atoms with Crippen molar-refractivity contribution < 1.29 is 0 Å². The number of rotatable bonds is 3. The summed E-state index contributed by atoms with van der Waals surface area (Å²) in [6.07, 6.45) is 0. The second kappa shape index (κ2) is 5.13. The lowest BCUT2D eigenvalue weighted by molar-refractivity contribution is 0.664. The van der Waals surface area contributed by atoms with Crippen molar-refractivity contribution in [2.24, 2.45) is 0 Å². The molecular formula is C13H14BrNS. The summed E-state index contributed by atoms with van der Waals surface area (Å²) in [6.45, 7) is 2.18. The van der Waals surface area contributed by atoms with Gasteiger partial charge in [-0.2, -0.15) is 0 Å². The molecule has 0 aliphatic rings. The van der Waals surface area contributed by atoms with Crippen LogP contribution in [0.3, 0.4) is 0 Å². The van der Waals surface area contributed by atoms with Crippen LogP contribution in [0.5, 0.6) is 0 Å². The average molecular weight is 296 g/mol. The fourth-order valence-electron chi connectivity index (χ4n) is 1.50. The minimum absolute atomic E-state index is 0.425. The largest absolute Gasteiger partial charge is 0.313 e. The number of benzene rings is 1. The van der Waals surface area contributed by atoms with Gasteiger partial charge in [-0.1, -0.05) is 28.1 Å². The van der Waals surface area contributed by atoms with E-state index >= 15 is 0 Å². The number of nitrogens with one attached hydrogen (secondary N) is 1. The topological polar surface area (TPSA) is 12.0 Å². The Morgan fingerprint density at radius 3 is 2.44 bits per heavy atom. The molecule has 2 aromatic rings. The second-order valence-electron chi connectivity index (χ2n) is 3.72. The van der Waals surface area contributed by atoms with Gasteiger partial charge in [-0.3, -0.25) is 0 Å². The Morgan fingerprint density at radius 2 is 1.81 bits per heavy atom. The Bertz CT molecular complexity index is 461. The van der Waals surface area contributed by atoms with E-state index < -0.39 is 0 Å². The SMILES string of the molecule is CNC(C)c1ccc(-c2ccc(Br)cc2)s1. The summed E-state index contributed by atoms with van der Waals surface area (Å²) in [4.78, 5) is 2.70. The van der Waals surface area contributed by atoms with Gasteiger partial charge in [-0.05, 0) is 43.8 Å². The van der Waals surface area contributed by atoms with E-state index in [1.165, 1.54) is 15.3 Å². The summed E-state index contributed by atoms with van der Waals surface area (Å²) in [7, 11) is 1.99. The molecule has 84 valence electrons. The zero-order valence-corrected chi connectivity index (χ0v) is 11.7. The van der Waals surface area contributed by atoms with Crippen LogP contribution in [0.4, 0.5) is 0 Å². The first-order valence-electron chi connectivity index (χ1n) is 5.23. The third-order valence-corrected chi connectivity index (χ3v) is 4.46. The molecule has 0 radical (unpaired) electrons. The van der Waals surface area contributed by atoms with E-state index in [2.05, 4.69) is 64.6 Å². The minimum Gasteiger partial charge on any atom is -0.313 e. The Hall–Kier alpha value is -0.640.